The molecule has 88 valence electrons. The predicted octanol–water partition coefficient (Wildman–Crippen LogP) is 3.85. The molecule has 0 bridgehead atoms. The lowest BCUT2D eigenvalue weighted by atomic mass is 9.77. The molecule has 16 heavy (non-hydrogen) atoms. The molecule has 0 saturated carbocycles. The van der Waals surface area contributed by atoms with E-state index in [0.717, 1.165) is 11.3 Å². The van der Waals surface area contributed by atoms with Crippen LogP contribution in [0.2, 0.25) is 0 Å². The molecule has 0 radical (unpaired) electrons. The largest absolute Gasteiger partial charge is 0.305 e. The van der Waals surface area contributed by atoms with Gasteiger partial charge in [0.2, 0.25) is 0 Å². The molecule has 2 unspecified atom stereocenters. The fourth-order valence-electron chi connectivity index (χ4n) is 2.33. The maximum Gasteiger partial charge on any atom is 0.0523 e. The van der Waals surface area contributed by atoms with Gasteiger partial charge in [-0.2, -0.15) is 0 Å². The molecule has 1 rings (SSSR count). The van der Waals surface area contributed by atoms with Crippen LogP contribution in [0.15, 0.2) is 28.4 Å². The first-order valence-electron chi connectivity index (χ1n) is 5.95. The molecule has 1 N–H and O–H groups in total. The second-order valence-electron chi connectivity index (χ2n) is 4.78. The van der Waals surface area contributed by atoms with Crippen molar-refractivity contribution >= 4 is 11.9 Å². The van der Waals surface area contributed by atoms with E-state index in [1.807, 2.05) is 20.1 Å². The van der Waals surface area contributed by atoms with E-state index in [4.69, 9.17) is 5.41 Å². The Hall–Kier alpha value is -1.18. The third-order valence-corrected chi connectivity index (χ3v) is 3.21. The monoisotopic (exact) mass is 218 g/mol. The number of aliphatic imine (C=N–C) groups is 1. The maximum atomic E-state index is 7.78. The van der Waals surface area contributed by atoms with Crippen molar-refractivity contribution < 1.29 is 0 Å². The Labute approximate surface area is 98.7 Å². The molecule has 0 heterocycles. The van der Waals surface area contributed by atoms with E-state index in [1.165, 1.54) is 0 Å². The second-order valence-corrected chi connectivity index (χ2v) is 4.78. The van der Waals surface area contributed by atoms with Crippen molar-refractivity contribution in [3.8, 4) is 0 Å². The van der Waals surface area contributed by atoms with Gasteiger partial charge in [0.25, 0.3) is 0 Å². The molecule has 0 amide bonds. The zero-order chi connectivity index (χ0) is 12.3. The van der Waals surface area contributed by atoms with E-state index < -0.39 is 0 Å². The first-order valence-corrected chi connectivity index (χ1v) is 5.95. The van der Waals surface area contributed by atoms with Crippen molar-refractivity contribution in [2.24, 2.45) is 22.7 Å². The molecule has 2 heteroatoms. The van der Waals surface area contributed by atoms with Crippen LogP contribution < -0.4 is 0 Å². The zero-order valence-electron chi connectivity index (χ0n) is 10.9. The van der Waals surface area contributed by atoms with E-state index in [9.17, 15) is 0 Å². The Kier molecular flexibility index (Phi) is 4.22. The number of hydrogen-bond acceptors (Lipinski definition) is 2. The molecule has 1 aliphatic carbocycles. The molecule has 1 aliphatic rings. The van der Waals surface area contributed by atoms with Crippen molar-refractivity contribution in [3.63, 3.8) is 0 Å². The Morgan fingerprint density at radius 2 is 2.12 bits per heavy atom. The lowest BCUT2D eigenvalue weighted by Gasteiger charge is -2.29. The molecular weight excluding hydrogens is 196 g/mol. The van der Waals surface area contributed by atoms with Crippen LogP contribution in [-0.4, -0.2) is 11.9 Å². The van der Waals surface area contributed by atoms with Crippen LogP contribution >= 0.6 is 0 Å². The highest BCUT2D eigenvalue weighted by Gasteiger charge is 2.27. The number of hydrogen-bond donors (Lipinski definition) is 1. The lowest BCUT2D eigenvalue weighted by Crippen LogP contribution is -2.22. The Morgan fingerprint density at radius 3 is 2.56 bits per heavy atom. The van der Waals surface area contributed by atoms with Crippen molar-refractivity contribution in [2.45, 2.75) is 34.6 Å². The van der Waals surface area contributed by atoms with Gasteiger partial charge in [-0.1, -0.05) is 32.9 Å². The SMILES string of the molecule is C/C=N\C1=C(C(C)=N)C=CC(C(C)C)C1C. The highest BCUT2D eigenvalue weighted by molar-refractivity contribution is 5.99. The van der Waals surface area contributed by atoms with Gasteiger partial charge in [0.1, 0.15) is 0 Å². The quantitative estimate of drug-likeness (QED) is 0.699. The summed E-state index contributed by atoms with van der Waals surface area (Å²) in [4.78, 5) is 4.46. The zero-order valence-corrected chi connectivity index (χ0v) is 10.9. The van der Waals surface area contributed by atoms with Gasteiger partial charge in [0.15, 0.2) is 0 Å². The summed E-state index contributed by atoms with van der Waals surface area (Å²) in [5, 5.41) is 7.78. The van der Waals surface area contributed by atoms with E-state index in [1.54, 1.807) is 0 Å². The Morgan fingerprint density at radius 1 is 1.50 bits per heavy atom. The van der Waals surface area contributed by atoms with Gasteiger partial charge in [-0.3, -0.25) is 4.99 Å². The summed E-state index contributed by atoms with van der Waals surface area (Å²) in [7, 11) is 0. The summed E-state index contributed by atoms with van der Waals surface area (Å²) in [5.74, 6) is 1.54. The minimum Gasteiger partial charge on any atom is -0.305 e. The van der Waals surface area contributed by atoms with Crippen LogP contribution in [0.1, 0.15) is 34.6 Å². The molecule has 0 fully saturated rings. The standard InChI is InChI=1S/C14H22N2/c1-6-16-14-10(4)12(9(2)3)7-8-13(14)11(5)15/h6-10,12,15H,1-5H3/b15-11?,16-6-. The highest BCUT2D eigenvalue weighted by atomic mass is 14.8. The van der Waals surface area contributed by atoms with Gasteiger partial charge in [-0.05, 0) is 25.7 Å². The van der Waals surface area contributed by atoms with E-state index in [2.05, 4.69) is 37.9 Å². The molecule has 0 saturated heterocycles. The minimum atomic E-state index is 0.400. The van der Waals surface area contributed by atoms with E-state index >= 15 is 0 Å². The van der Waals surface area contributed by atoms with Gasteiger partial charge in [0, 0.05) is 23.4 Å². The summed E-state index contributed by atoms with van der Waals surface area (Å²) in [5.41, 5.74) is 2.66. The molecule has 2 nitrogen and oxygen atoms in total. The van der Waals surface area contributed by atoms with E-state index in [0.29, 0.717) is 23.5 Å². The van der Waals surface area contributed by atoms with Crippen molar-refractivity contribution in [2.75, 3.05) is 0 Å². The highest BCUT2D eigenvalue weighted by Crippen LogP contribution is 2.35. The summed E-state index contributed by atoms with van der Waals surface area (Å²) in [6, 6.07) is 0. The van der Waals surface area contributed by atoms with Crippen LogP contribution in [0.4, 0.5) is 0 Å². The fourth-order valence-corrected chi connectivity index (χ4v) is 2.33. The van der Waals surface area contributed by atoms with E-state index in [-0.39, 0.29) is 0 Å². The fraction of sp³-hybridized carbons (Fsp3) is 0.571. The smallest absolute Gasteiger partial charge is 0.0523 e. The lowest BCUT2D eigenvalue weighted by molar-refractivity contribution is 0.364. The number of nitrogens with one attached hydrogen (secondary N) is 1. The molecule has 0 spiro atoms. The number of nitrogens with zero attached hydrogens (tertiary/aromatic N) is 1. The first kappa shape index (κ1) is 12.9. The molecule has 2 atom stereocenters. The van der Waals surface area contributed by atoms with Gasteiger partial charge < -0.3 is 5.41 Å². The van der Waals surface area contributed by atoms with Crippen molar-refractivity contribution in [1.29, 1.82) is 5.41 Å². The van der Waals surface area contributed by atoms with Gasteiger partial charge >= 0.3 is 0 Å². The molecule has 0 aliphatic heterocycles. The third kappa shape index (κ3) is 2.49. The second kappa shape index (κ2) is 5.24. The Bertz CT molecular complexity index is 359. The number of allylic oxidation sites excluding steroid dienone is 4. The topological polar surface area (TPSA) is 36.2 Å². The first-order chi connectivity index (χ1) is 7.49. The summed E-state index contributed by atoms with van der Waals surface area (Å²) < 4.78 is 0. The van der Waals surface area contributed by atoms with Crippen molar-refractivity contribution in [1.82, 2.24) is 0 Å². The Balaban J connectivity index is 3.15. The molecule has 0 aromatic carbocycles. The average Bonchev–Trinajstić information content (AvgIpc) is 2.20. The normalized spacial score (nSPS) is 25.9. The summed E-state index contributed by atoms with van der Waals surface area (Å²) in [6.07, 6.45) is 6.12. The predicted molar refractivity (Wildman–Crippen MR) is 71.2 cm³/mol. The number of rotatable bonds is 3. The molecule has 0 aromatic rings. The van der Waals surface area contributed by atoms with Gasteiger partial charge in [0.05, 0.1) is 5.70 Å². The van der Waals surface area contributed by atoms with Crippen LogP contribution in [0.3, 0.4) is 0 Å². The minimum absolute atomic E-state index is 0.400. The molecule has 0 aromatic heterocycles. The van der Waals surface area contributed by atoms with Crippen LogP contribution in [0.25, 0.3) is 0 Å². The summed E-state index contributed by atoms with van der Waals surface area (Å²) in [6.45, 7) is 10.4. The van der Waals surface area contributed by atoms with Gasteiger partial charge in [-0.15, -0.1) is 0 Å². The maximum absolute atomic E-state index is 7.78. The molecular formula is C14H22N2. The summed E-state index contributed by atoms with van der Waals surface area (Å²) >= 11 is 0. The van der Waals surface area contributed by atoms with Crippen molar-refractivity contribution in [3.05, 3.63) is 23.4 Å². The van der Waals surface area contributed by atoms with Crippen LogP contribution in [0.5, 0.6) is 0 Å². The van der Waals surface area contributed by atoms with Gasteiger partial charge in [-0.25, -0.2) is 0 Å². The van der Waals surface area contributed by atoms with Crippen LogP contribution in [-0.2, 0) is 0 Å². The van der Waals surface area contributed by atoms with Crippen LogP contribution in [0, 0.1) is 23.2 Å². The average molecular weight is 218 g/mol. The third-order valence-electron chi connectivity index (χ3n) is 3.21.